The van der Waals surface area contributed by atoms with Crippen molar-refractivity contribution >= 4 is 28.8 Å². The number of allylic oxidation sites excluding steroid dienone is 2. The number of likely N-dealkylation sites (tertiary alicyclic amines) is 1. The van der Waals surface area contributed by atoms with E-state index in [9.17, 15) is 13.2 Å². The quantitative estimate of drug-likeness (QED) is 0.526. The van der Waals surface area contributed by atoms with Crippen LogP contribution in [0.1, 0.15) is 30.9 Å². The molecule has 0 radical (unpaired) electrons. The molecule has 0 bridgehead atoms. The second-order valence-electron chi connectivity index (χ2n) is 10.3. The molecule has 3 aliphatic heterocycles. The monoisotopic (exact) mass is 543 g/mol. The zero-order chi connectivity index (χ0) is 27.2. The molecule has 1 fully saturated rings. The third kappa shape index (κ3) is 5.22. The Morgan fingerprint density at radius 3 is 2.58 bits per heavy atom. The van der Waals surface area contributed by atoms with E-state index in [2.05, 4.69) is 70.5 Å². The molecule has 5 rings (SSSR count). The van der Waals surface area contributed by atoms with Crippen molar-refractivity contribution < 1.29 is 13.2 Å². The second kappa shape index (κ2) is 10.2. The van der Waals surface area contributed by atoms with E-state index in [0.717, 1.165) is 49.3 Å². The Hall–Kier alpha value is -3.18. The van der Waals surface area contributed by atoms with Crippen LogP contribution in [0.5, 0.6) is 0 Å². The molecule has 2 N–H and O–H groups in total. The van der Waals surface area contributed by atoms with Crippen LogP contribution < -0.4 is 10.6 Å². The standard InChI is InChI=1S/C27H32F3N7S/c1-16-21(7-8-24(36(16)4)37-11-9-19(10-12-37)35(2)3)33-26-31-15-17-13-23(38)32-22-14-18(27(28,29)30)5-6-20(22)25(17)34-26/h5-8,14-16,19H,9-13H2,1-4H3,(H,32,38)(H,31,33,34). The van der Waals surface area contributed by atoms with Crippen LogP contribution in [-0.4, -0.2) is 76.0 Å². The van der Waals surface area contributed by atoms with Gasteiger partial charge in [-0.05, 0) is 58.1 Å². The van der Waals surface area contributed by atoms with Crippen LogP contribution in [0.25, 0.3) is 11.3 Å². The zero-order valence-corrected chi connectivity index (χ0v) is 22.7. The summed E-state index contributed by atoms with van der Waals surface area (Å²) < 4.78 is 40.0. The van der Waals surface area contributed by atoms with Crippen molar-refractivity contribution in [3.63, 3.8) is 0 Å². The fraction of sp³-hybridized carbons (Fsp3) is 0.444. The highest BCUT2D eigenvalue weighted by Gasteiger charge is 2.32. The van der Waals surface area contributed by atoms with Crippen LogP contribution >= 0.6 is 12.2 Å². The summed E-state index contributed by atoms with van der Waals surface area (Å²) in [7, 11) is 6.37. The molecular formula is C27H32F3N7S. The maximum Gasteiger partial charge on any atom is 0.416 e. The summed E-state index contributed by atoms with van der Waals surface area (Å²) in [6.07, 6.45) is 4.05. The lowest BCUT2D eigenvalue weighted by Gasteiger charge is -2.43. The SMILES string of the molecule is CC1C(Nc2ncc3c(n2)-c2ccc(C(F)(F)F)cc2NC(=S)C3)=CC=C(N2CCC(N(C)C)CC2)N1C. The first kappa shape index (κ1) is 26.4. The molecule has 0 spiro atoms. The van der Waals surface area contributed by atoms with Gasteiger partial charge in [-0.15, -0.1) is 0 Å². The van der Waals surface area contributed by atoms with Crippen molar-refractivity contribution in [2.24, 2.45) is 0 Å². The number of anilines is 2. The summed E-state index contributed by atoms with van der Waals surface area (Å²) >= 11 is 5.37. The van der Waals surface area contributed by atoms with E-state index in [4.69, 9.17) is 17.2 Å². The lowest BCUT2D eigenvalue weighted by atomic mass is 10.0. The van der Waals surface area contributed by atoms with Crippen LogP contribution in [0.15, 0.2) is 48.1 Å². The first-order chi connectivity index (χ1) is 18.0. The Morgan fingerprint density at radius 1 is 1.16 bits per heavy atom. The average Bonchev–Trinajstić information content (AvgIpc) is 3.01. The number of thiocarbonyl (C=S) groups is 1. The third-order valence-corrected chi connectivity index (χ3v) is 7.92. The number of alkyl halides is 3. The summed E-state index contributed by atoms with van der Waals surface area (Å²) in [5, 5.41) is 6.30. The lowest BCUT2D eigenvalue weighted by molar-refractivity contribution is -0.137. The van der Waals surface area contributed by atoms with Gasteiger partial charge in [0.2, 0.25) is 5.95 Å². The minimum absolute atomic E-state index is 0.0554. The van der Waals surface area contributed by atoms with Crippen molar-refractivity contribution in [3.8, 4) is 11.3 Å². The number of hydrogen-bond donors (Lipinski definition) is 2. The van der Waals surface area contributed by atoms with E-state index in [1.54, 1.807) is 6.20 Å². The van der Waals surface area contributed by atoms with Gasteiger partial charge >= 0.3 is 6.18 Å². The number of aromatic nitrogens is 2. The molecule has 0 aliphatic carbocycles. The Balaban J connectivity index is 1.40. The normalized spacial score (nSPS) is 20.3. The van der Waals surface area contributed by atoms with Crippen LogP contribution in [0.2, 0.25) is 0 Å². The number of rotatable bonds is 4. The number of halogens is 3. The van der Waals surface area contributed by atoms with Crippen molar-refractivity contribution in [2.45, 2.75) is 44.4 Å². The highest BCUT2D eigenvalue weighted by atomic mass is 32.1. The van der Waals surface area contributed by atoms with E-state index >= 15 is 0 Å². The van der Waals surface area contributed by atoms with Crippen molar-refractivity contribution in [1.82, 2.24) is 24.7 Å². The smallest absolute Gasteiger partial charge is 0.358 e. The Morgan fingerprint density at radius 2 is 1.89 bits per heavy atom. The van der Waals surface area contributed by atoms with Crippen LogP contribution in [0, 0.1) is 0 Å². The molecule has 1 atom stereocenters. The molecule has 1 aromatic carbocycles. The predicted octanol–water partition coefficient (Wildman–Crippen LogP) is 4.95. The number of hydrogen-bond acceptors (Lipinski definition) is 7. The van der Waals surface area contributed by atoms with E-state index in [0.29, 0.717) is 40.3 Å². The number of likely N-dealkylation sites (N-methyl/N-ethyl adjacent to an activating group) is 1. The number of nitrogens with zero attached hydrogens (tertiary/aromatic N) is 5. The first-order valence-corrected chi connectivity index (χ1v) is 13.1. The van der Waals surface area contributed by atoms with Gasteiger partial charge in [0.25, 0.3) is 0 Å². The molecule has 4 heterocycles. The van der Waals surface area contributed by atoms with Gasteiger partial charge in [0, 0.05) is 61.3 Å². The summed E-state index contributed by atoms with van der Waals surface area (Å²) in [5.74, 6) is 1.58. The summed E-state index contributed by atoms with van der Waals surface area (Å²) in [5.41, 5.74) is 2.39. The fourth-order valence-electron chi connectivity index (χ4n) is 5.27. The molecule has 1 unspecified atom stereocenters. The maximum absolute atomic E-state index is 13.3. The molecule has 11 heteroatoms. The molecule has 202 valence electrons. The third-order valence-electron chi connectivity index (χ3n) is 7.67. The van der Waals surface area contributed by atoms with E-state index < -0.39 is 11.7 Å². The van der Waals surface area contributed by atoms with Crippen molar-refractivity contribution in [2.75, 3.05) is 44.9 Å². The van der Waals surface area contributed by atoms with Gasteiger partial charge in [0.1, 0.15) is 5.82 Å². The fourth-order valence-corrected chi connectivity index (χ4v) is 5.54. The molecule has 3 aliphatic rings. The number of fused-ring (bicyclic) bond motifs is 3. The first-order valence-electron chi connectivity index (χ1n) is 12.7. The van der Waals surface area contributed by atoms with E-state index in [1.807, 2.05) is 0 Å². The highest BCUT2D eigenvalue weighted by Crippen LogP contribution is 2.38. The number of benzene rings is 1. The van der Waals surface area contributed by atoms with Gasteiger partial charge in [-0.2, -0.15) is 13.2 Å². The highest BCUT2D eigenvalue weighted by molar-refractivity contribution is 7.80. The predicted molar refractivity (Wildman–Crippen MR) is 148 cm³/mol. The second-order valence-corrected chi connectivity index (χ2v) is 10.8. The largest absolute Gasteiger partial charge is 0.416 e. The van der Waals surface area contributed by atoms with Crippen LogP contribution in [-0.2, 0) is 12.6 Å². The molecule has 1 aromatic heterocycles. The minimum Gasteiger partial charge on any atom is -0.358 e. The molecule has 2 aromatic rings. The van der Waals surface area contributed by atoms with Gasteiger partial charge in [-0.1, -0.05) is 18.3 Å². The maximum atomic E-state index is 13.3. The molecule has 7 nitrogen and oxygen atoms in total. The van der Waals surface area contributed by atoms with Crippen LogP contribution in [0.3, 0.4) is 0 Å². The number of piperidine rings is 1. The Bertz CT molecular complexity index is 1300. The lowest BCUT2D eigenvalue weighted by Crippen LogP contribution is -2.47. The van der Waals surface area contributed by atoms with Gasteiger partial charge in [-0.3, -0.25) is 0 Å². The summed E-state index contributed by atoms with van der Waals surface area (Å²) in [6.45, 7) is 4.15. The molecule has 0 saturated carbocycles. The minimum atomic E-state index is -4.45. The van der Waals surface area contributed by atoms with E-state index in [-0.39, 0.29) is 6.04 Å². The Kier molecular flexibility index (Phi) is 7.08. The van der Waals surface area contributed by atoms with Gasteiger partial charge in [0.05, 0.1) is 22.3 Å². The summed E-state index contributed by atoms with van der Waals surface area (Å²) in [4.78, 5) is 16.6. The van der Waals surface area contributed by atoms with Gasteiger partial charge < -0.3 is 25.3 Å². The van der Waals surface area contributed by atoms with Gasteiger partial charge in [0.15, 0.2) is 0 Å². The zero-order valence-electron chi connectivity index (χ0n) is 21.9. The average molecular weight is 544 g/mol. The van der Waals surface area contributed by atoms with Crippen molar-refractivity contribution in [3.05, 3.63) is 59.2 Å². The molecular weight excluding hydrogens is 511 g/mol. The van der Waals surface area contributed by atoms with Crippen LogP contribution in [0.4, 0.5) is 24.8 Å². The molecule has 1 saturated heterocycles. The molecule has 38 heavy (non-hydrogen) atoms. The Labute approximate surface area is 226 Å². The van der Waals surface area contributed by atoms with Gasteiger partial charge in [-0.25, -0.2) is 9.97 Å². The molecule has 0 amide bonds. The van der Waals surface area contributed by atoms with E-state index in [1.165, 1.54) is 11.9 Å². The van der Waals surface area contributed by atoms with Crippen molar-refractivity contribution in [1.29, 1.82) is 0 Å². The summed E-state index contributed by atoms with van der Waals surface area (Å²) in [6, 6.07) is 4.27. The topological polar surface area (TPSA) is 59.6 Å². The number of nitrogens with one attached hydrogen (secondary N) is 2.